The van der Waals surface area contributed by atoms with E-state index in [0.717, 1.165) is 0 Å². The molecule has 0 radical (unpaired) electrons. The van der Waals surface area contributed by atoms with Gasteiger partial charge in [0.25, 0.3) is 6.08 Å². The van der Waals surface area contributed by atoms with Crippen LogP contribution in [0.2, 0.25) is 0 Å². The first kappa shape index (κ1) is 8.53. The second-order valence-corrected chi connectivity index (χ2v) is 1.33. The second kappa shape index (κ2) is 7.53. The highest BCUT2D eigenvalue weighted by molar-refractivity contribution is 5.31. The lowest BCUT2D eigenvalue weighted by Gasteiger charge is -1.69. The van der Waals surface area contributed by atoms with Crippen LogP contribution in [0.5, 0.6) is 0 Å². The zero-order chi connectivity index (χ0) is 7.66. The standard InChI is InChI=1S/C6H6.CFNO/c1-2-4-6-5-3-1;2-3-1-4/h1-6H;. The molecule has 1 rings (SSSR count). The highest BCUT2D eigenvalue weighted by Gasteiger charge is 1.57. The summed E-state index contributed by atoms with van der Waals surface area (Å²) in [6.07, 6.45) is 0.639. The first-order valence-electron chi connectivity index (χ1n) is 2.60. The molecule has 1 aromatic carbocycles. The van der Waals surface area contributed by atoms with Crippen molar-refractivity contribution in [2.45, 2.75) is 0 Å². The minimum absolute atomic E-state index is 0.639. The van der Waals surface area contributed by atoms with Crippen LogP contribution in [0, 0.1) is 0 Å². The van der Waals surface area contributed by atoms with E-state index in [0.29, 0.717) is 6.08 Å². The van der Waals surface area contributed by atoms with Crippen molar-refractivity contribution in [2.75, 3.05) is 0 Å². The van der Waals surface area contributed by atoms with Crippen molar-refractivity contribution in [3.63, 3.8) is 0 Å². The Labute approximate surface area is 58.0 Å². The maximum atomic E-state index is 9.92. The van der Waals surface area contributed by atoms with Crippen LogP contribution in [0.25, 0.3) is 0 Å². The summed E-state index contributed by atoms with van der Waals surface area (Å²) in [5.74, 6) is 0. The number of carbonyl (C=O) groups excluding carboxylic acids is 1. The Morgan fingerprint density at radius 1 is 1.00 bits per heavy atom. The average molecular weight is 139 g/mol. The molecular weight excluding hydrogens is 133 g/mol. The Hall–Kier alpha value is -1.47. The summed E-state index contributed by atoms with van der Waals surface area (Å²) >= 11 is 0. The lowest BCUT2D eigenvalue weighted by atomic mass is 10.4. The van der Waals surface area contributed by atoms with Gasteiger partial charge in [0.2, 0.25) is 0 Å². The molecule has 0 aliphatic rings. The van der Waals surface area contributed by atoms with Crippen LogP contribution < -0.4 is 0 Å². The van der Waals surface area contributed by atoms with Crippen LogP contribution in [0.3, 0.4) is 0 Å². The van der Waals surface area contributed by atoms with Crippen molar-refractivity contribution in [1.82, 2.24) is 0 Å². The van der Waals surface area contributed by atoms with Crippen LogP contribution in [0.4, 0.5) is 4.48 Å². The molecule has 0 aliphatic carbocycles. The first-order chi connectivity index (χ1) is 4.91. The van der Waals surface area contributed by atoms with Gasteiger partial charge in [-0.25, -0.2) is 4.79 Å². The molecule has 3 heteroatoms. The molecule has 10 heavy (non-hydrogen) atoms. The Bertz CT molecular complexity index is 167. The normalized spacial score (nSPS) is 6.50. The Balaban J connectivity index is 0.000000180. The number of nitrogens with zero attached hydrogens (tertiary/aromatic N) is 1. The third-order valence-electron chi connectivity index (χ3n) is 0.701. The molecule has 0 saturated heterocycles. The average Bonchev–Trinajstić information content (AvgIpc) is 2.08. The third-order valence-corrected chi connectivity index (χ3v) is 0.701. The van der Waals surface area contributed by atoms with Gasteiger partial charge in [-0.2, -0.15) is 0 Å². The molecule has 0 atom stereocenters. The summed E-state index contributed by atoms with van der Waals surface area (Å²) < 4.78 is 9.92. The molecule has 0 unspecified atom stereocenters. The van der Waals surface area contributed by atoms with Crippen molar-refractivity contribution >= 4 is 6.08 Å². The second-order valence-electron chi connectivity index (χ2n) is 1.33. The summed E-state index contributed by atoms with van der Waals surface area (Å²) in [6.45, 7) is 0. The maximum Gasteiger partial charge on any atom is 0.269 e. The number of halogens is 1. The number of rotatable bonds is 0. The molecule has 0 saturated carbocycles. The number of isocyanates is 1. The van der Waals surface area contributed by atoms with E-state index in [1.54, 1.807) is 0 Å². The fourth-order valence-corrected chi connectivity index (χ4v) is 0.385. The fourth-order valence-electron chi connectivity index (χ4n) is 0.385. The van der Waals surface area contributed by atoms with Crippen LogP contribution in [-0.4, -0.2) is 6.08 Å². The lowest BCUT2D eigenvalue weighted by Crippen LogP contribution is -1.47. The van der Waals surface area contributed by atoms with Crippen molar-refractivity contribution in [3.8, 4) is 0 Å². The molecule has 0 fully saturated rings. The van der Waals surface area contributed by atoms with Gasteiger partial charge in [-0.05, 0) is 0 Å². The van der Waals surface area contributed by atoms with Crippen LogP contribution >= 0.6 is 0 Å². The van der Waals surface area contributed by atoms with E-state index in [-0.39, 0.29) is 0 Å². The molecule has 0 aromatic heterocycles. The van der Waals surface area contributed by atoms with Gasteiger partial charge < -0.3 is 0 Å². The molecule has 0 N–H and O–H groups in total. The van der Waals surface area contributed by atoms with Gasteiger partial charge in [0.1, 0.15) is 0 Å². The van der Waals surface area contributed by atoms with E-state index in [2.05, 4.69) is 0 Å². The summed E-state index contributed by atoms with van der Waals surface area (Å²) in [4.78, 5) is 8.51. The van der Waals surface area contributed by atoms with E-state index in [9.17, 15) is 4.48 Å². The van der Waals surface area contributed by atoms with Gasteiger partial charge in [-0.1, -0.05) is 40.9 Å². The Morgan fingerprint density at radius 2 is 1.20 bits per heavy atom. The monoisotopic (exact) mass is 139 g/mol. The predicted octanol–water partition coefficient (Wildman–Crippen LogP) is 1.89. The summed E-state index contributed by atoms with van der Waals surface area (Å²) in [5.41, 5.74) is 0. The van der Waals surface area contributed by atoms with Crippen molar-refractivity contribution in [3.05, 3.63) is 36.4 Å². The highest BCUT2D eigenvalue weighted by Crippen LogP contribution is 1.79. The van der Waals surface area contributed by atoms with Crippen LogP contribution in [0.1, 0.15) is 0 Å². The molecular formula is C7H6FNO. The molecule has 1 aromatic rings. The maximum absolute atomic E-state index is 9.92. The zero-order valence-corrected chi connectivity index (χ0v) is 5.20. The smallest absolute Gasteiger partial charge is 0.209 e. The Kier molecular flexibility index (Phi) is 6.42. The largest absolute Gasteiger partial charge is 0.269 e. The summed E-state index contributed by atoms with van der Waals surface area (Å²) in [7, 11) is 0. The van der Waals surface area contributed by atoms with Gasteiger partial charge >= 0.3 is 0 Å². The highest BCUT2D eigenvalue weighted by atomic mass is 19.2. The van der Waals surface area contributed by atoms with Crippen molar-refractivity contribution in [2.24, 2.45) is 5.21 Å². The van der Waals surface area contributed by atoms with E-state index in [1.807, 2.05) is 36.4 Å². The minimum atomic E-state index is 0.639. The topological polar surface area (TPSA) is 29.4 Å². The van der Waals surface area contributed by atoms with Gasteiger partial charge in [0.15, 0.2) is 0 Å². The Morgan fingerprint density at radius 3 is 1.30 bits per heavy atom. The van der Waals surface area contributed by atoms with Crippen molar-refractivity contribution in [1.29, 1.82) is 0 Å². The van der Waals surface area contributed by atoms with Crippen LogP contribution in [-0.2, 0) is 4.79 Å². The SMILES string of the molecule is O=C=NF.c1ccccc1. The van der Waals surface area contributed by atoms with E-state index < -0.39 is 0 Å². The quantitative estimate of drug-likeness (QED) is 0.398. The number of benzene rings is 1. The van der Waals surface area contributed by atoms with E-state index in [4.69, 9.17) is 4.79 Å². The van der Waals surface area contributed by atoms with Crippen LogP contribution in [0.15, 0.2) is 41.6 Å². The zero-order valence-electron chi connectivity index (χ0n) is 5.20. The molecule has 0 heterocycles. The molecule has 0 bridgehead atoms. The van der Waals surface area contributed by atoms with Crippen molar-refractivity contribution < 1.29 is 9.28 Å². The van der Waals surface area contributed by atoms with Gasteiger partial charge in [0, 0.05) is 5.21 Å². The third kappa shape index (κ3) is 6.53. The first-order valence-corrected chi connectivity index (χ1v) is 2.60. The van der Waals surface area contributed by atoms with Gasteiger partial charge in [-0.3, -0.25) is 0 Å². The number of hydrogen-bond donors (Lipinski definition) is 0. The predicted molar refractivity (Wildman–Crippen MR) is 35.7 cm³/mol. The number of hydrogen-bond acceptors (Lipinski definition) is 2. The minimum Gasteiger partial charge on any atom is -0.209 e. The molecule has 0 spiro atoms. The summed E-state index contributed by atoms with van der Waals surface area (Å²) in [5, 5.41) is 1.43. The molecule has 52 valence electrons. The van der Waals surface area contributed by atoms with E-state index in [1.165, 1.54) is 5.21 Å². The van der Waals surface area contributed by atoms with Gasteiger partial charge in [0.05, 0.1) is 0 Å². The van der Waals surface area contributed by atoms with Gasteiger partial charge in [-0.15, -0.1) is 0 Å². The molecule has 0 aliphatic heterocycles. The lowest BCUT2D eigenvalue weighted by molar-refractivity contribution is 0.501. The molecule has 0 amide bonds. The van der Waals surface area contributed by atoms with E-state index >= 15 is 0 Å². The molecule has 2 nitrogen and oxygen atoms in total. The fraction of sp³-hybridized carbons (Fsp3) is 0. The summed E-state index contributed by atoms with van der Waals surface area (Å²) in [6, 6.07) is 12.0.